The number of carbonyl (C=O) groups excluding carboxylic acids is 1. The highest BCUT2D eigenvalue weighted by Crippen LogP contribution is 2.15. The highest BCUT2D eigenvalue weighted by atomic mass is 35.5. The summed E-state index contributed by atoms with van der Waals surface area (Å²) in [4.78, 5) is 21.4. The van der Waals surface area contributed by atoms with Crippen molar-refractivity contribution in [2.45, 2.75) is 0 Å². The molecule has 0 fully saturated rings. The average molecular weight is 200 g/mol. The second-order valence-electron chi connectivity index (χ2n) is 2.36. The minimum atomic E-state index is -1.23. The van der Waals surface area contributed by atoms with Gasteiger partial charge in [-0.2, -0.15) is 0 Å². The number of rotatable bonds is 2. The van der Waals surface area contributed by atoms with Gasteiger partial charge in [0.25, 0.3) is 0 Å². The SMILES string of the molecule is NC(=O)c1ccc(Cl)cc1C(=O)O. The Bertz CT molecular complexity index is 376. The van der Waals surface area contributed by atoms with Crippen LogP contribution in [0, 0.1) is 0 Å². The first-order valence-corrected chi connectivity index (χ1v) is 3.73. The lowest BCUT2D eigenvalue weighted by atomic mass is 10.1. The van der Waals surface area contributed by atoms with Crippen molar-refractivity contribution in [2.24, 2.45) is 5.73 Å². The fourth-order valence-electron chi connectivity index (χ4n) is 0.908. The zero-order chi connectivity index (χ0) is 10.0. The van der Waals surface area contributed by atoms with E-state index in [0.29, 0.717) is 0 Å². The number of carbonyl (C=O) groups is 2. The predicted molar refractivity (Wildman–Crippen MR) is 46.9 cm³/mol. The number of hydrogen-bond donors (Lipinski definition) is 2. The van der Waals surface area contributed by atoms with E-state index in [0.717, 1.165) is 0 Å². The molecule has 1 aromatic rings. The minimum Gasteiger partial charge on any atom is -0.478 e. The van der Waals surface area contributed by atoms with Gasteiger partial charge in [0.1, 0.15) is 0 Å². The number of halogens is 1. The topological polar surface area (TPSA) is 80.4 Å². The Balaban J connectivity index is 3.35. The van der Waals surface area contributed by atoms with Crippen LogP contribution in [0.3, 0.4) is 0 Å². The molecule has 13 heavy (non-hydrogen) atoms. The summed E-state index contributed by atoms with van der Waals surface area (Å²) in [7, 11) is 0. The van der Waals surface area contributed by atoms with Gasteiger partial charge >= 0.3 is 5.97 Å². The predicted octanol–water partition coefficient (Wildman–Crippen LogP) is 1.14. The molecule has 4 nitrogen and oxygen atoms in total. The molecule has 1 amide bonds. The van der Waals surface area contributed by atoms with Crippen LogP contribution >= 0.6 is 11.6 Å². The standard InChI is InChI=1S/C8H6ClNO3/c9-4-1-2-5(7(10)11)6(3-4)8(12)13/h1-3H,(H2,10,11)(H,12,13). The summed E-state index contributed by atoms with van der Waals surface area (Å²) in [5, 5.41) is 8.92. The normalized spacial score (nSPS) is 9.62. The highest BCUT2D eigenvalue weighted by Gasteiger charge is 2.13. The molecule has 0 aliphatic heterocycles. The molecule has 1 rings (SSSR count). The highest BCUT2D eigenvalue weighted by molar-refractivity contribution is 6.31. The number of aromatic carboxylic acids is 1. The van der Waals surface area contributed by atoms with Gasteiger partial charge in [0.15, 0.2) is 0 Å². The van der Waals surface area contributed by atoms with E-state index in [1.165, 1.54) is 18.2 Å². The van der Waals surface area contributed by atoms with Crippen LogP contribution in [0.15, 0.2) is 18.2 Å². The fraction of sp³-hybridized carbons (Fsp3) is 0. The number of carboxylic acids is 1. The van der Waals surface area contributed by atoms with E-state index in [1.807, 2.05) is 0 Å². The summed E-state index contributed by atoms with van der Waals surface area (Å²) in [6.45, 7) is 0. The fourth-order valence-corrected chi connectivity index (χ4v) is 1.08. The van der Waals surface area contributed by atoms with E-state index in [9.17, 15) is 9.59 Å². The van der Waals surface area contributed by atoms with Crippen LogP contribution in [0.4, 0.5) is 0 Å². The Morgan fingerprint density at radius 1 is 1.31 bits per heavy atom. The van der Waals surface area contributed by atoms with E-state index in [2.05, 4.69) is 0 Å². The number of hydrogen-bond acceptors (Lipinski definition) is 2. The second kappa shape index (κ2) is 3.45. The van der Waals surface area contributed by atoms with Crippen LogP contribution in [0.25, 0.3) is 0 Å². The zero-order valence-electron chi connectivity index (χ0n) is 6.45. The van der Waals surface area contributed by atoms with Crippen molar-refractivity contribution in [1.29, 1.82) is 0 Å². The summed E-state index contributed by atoms with van der Waals surface area (Å²) in [5.74, 6) is -2.01. The van der Waals surface area contributed by atoms with E-state index in [-0.39, 0.29) is 16.1 Å². The van der Waals surface area contributed by atoms with Crippen molar-refractivity contribution in [3.8, 4) is 0 Å². The first kappa shape index (κ1) is 9.54. The lowest BCUT2D eigenvalue weighted by Crippen LogP contribution is -2.16. The monoisotopic (exact) mass is 199 g/mol. The summed E-state index contributed by atoms with van der Waals surface area (Å²) in [5.41, 5.74) is 4.73. The third-order valence-corrected chi connectivity index (χ3v) is 1.71. The average Bonchev–Trinajstić information content (AvgIpc) is 2.03. The van der Waals surface area contributed by atoms with Crippen LogP contribution in [0.2, 0.25) is 5.02 Å². The minimum absolute atomic E-state index is 0.0445. The molecule has 5 heteroatoms. The molecule has 0 unspecified atom stereocenters. The molecule has 1 aromatic carbocycles. The van der Waals surface area contributed by atoms with Crippen LogP contribution in [0.1, 0.15) is 20.7 Å². The zero-order valence-corrected chi connectivity index (χ0v) is 7.21. The molecular weight excluding hydrogens is 194 g/mol. The van der Waals surface area contributed by atoms with Crippen LogP contribution in [0.5, 0.6) is 0 Å². The molecule has 0 saturated carbocycles. The molecule has 0 aliphatic rings. The molecule has 0 aliphatic carbocycles. The summed E-state index contributed by atoms with van der Waals surface area (Å²) >= 11 is 5.55. The van der Waals surface area contributed by atoms with E-state index in [4.69, 9.17) is 22.4 Å². The molecular formula is C8H6ClNO3. The van der Waals surface area contributed by atoms with Gasteiger partial charge in [-0.15, -0.1) is 0 Å². The molecule has 0 radical (unpaired) electrons. The van der Waals surface area contributed by atoms with Crippen molar-refractivity contribution >= 4 is 23.5 Å². The second-order valence-corrected chi connectivity index (χ2v) is 2.80. The third-order valence-electron chi connectivity index (χ3n) is 1.48. The maximum absolute atomic E-state index is 10.8. The Kier molecular flexibility index (Phi) is 2.53. The van der Waals surface area contributed by atoms with Crippen molar-refractivity contribution in [3.63, 3.8) is 0 Å². The lowest BCUT2D eigenvalue weighted by Gasteiger charge is -2.01. The smallest absolute Gasteiger partial charge is 0.336 e. The lowest BCUT2D eigenvalue weighted by molar-refractivity contribution is 0.0692. The first-order valence-electron chi connectivity index (χ1n) is 3.35. The quantitative estimate of drug-likeness (QED) is 0.750. The first-order chi connectivity index (χ1) is 6.02. The molecule has 0 heterocycles. The van der Waals surface area contributed by atoms with Gasteiger partial charge in [-0.1, -0.05) is 11.6 Å². The number of carboxylic acid groups (broad SMARTS) is 1. The van der Waals surface area contributed by atoms with Gasteiger partial charge in [-0.25, -0.2) is 4.79 Å². The Hall–Kier alpha value is -1.55. The van der Waals surface area contributed by atoms with Gasteiger partial charge in [0.05, 0.1) is 11.1 Å². The molecule has 0 bridgehead atoms. The Morgan fingerprint density at radius 3 is 2.38 bits per heavy atom. The van der Waals surface area contributed by atoms with Crippen molar-refractivity contribution in [2.75, 3.05) is 0 Å². The molecule has 0 spiro atoms. The van der Waals surface area contributed by atoms with E-state index < -0.39 is 11.9 Å². The molecule has 0 aromatic heterocycles. The largest absolute Gasteiger partial charge is 0.478 e. The van der Waals surface area contributed by atoms with Crippen molar-refractivity contribution in [1.82, 2.24) is 0 Å². The number of benzene rings is 1. The number of primary amides is 1. The van der Waals surface area contributed by atoms with Gasteiger partial charge in [0, 0.05) is 5.02 Å². The third kappa shape index (κ3) is 1.97. The van der Waals surface area contributed by atoms with Crippen LogP contribution in [-0.2, 0) is 0 Å². The summed E-state index contributed by atoms with van der Waals surface area (Å²) in [6, 6.07) is 3.88. The van der Waals surface area contributed by atoms with Gasteiger partial charge < -0.3 is 10.8 Å². The molecule has 68 valence electrons. The van der Waals surface area contributed by atoms with Crippen LogP contribution < -0.4 is 5.73 Å². The van der Waals surface area contributed by atoms with Gasteiger partial charge in [-0.3, -0.25) is 4.79 Å². The van der Waals surface area contributed by atoms with Gasteiger partial charge in [-0.05, 0) is 18.2 Å². The van der Waals surface area contributed by atoms with Crippen LogP contribution in [-0.4, -0.2) is 17.0 Å². The number of amides is 1. The number of nitrogens with two attached hydrogens (primary N) is 1. The summed E-state index contributed by atoms with van der Waals surface area (Å²) in [6.07, 6.45) is 0. The maximum Gasteiger partial charge on any atom is 0.336 e. The van der Waals surface area contributed by atoms with Gasteiger partial charge in [0.2, 0.25) is 5.91 Å². The van der Waals surface area contributed by atoms with E-state index in [1.54, 1.807) is 0 Å². The molecule has 0 saturated heterocycles. The van der Waals surface area contributed by atoms with Crippen molar-refractivity contribution < 1.29 is 14.7 Å². The summed E-state index contributed by atoms with van der Waals surface area (Å²) < 4.78 is 0. The molecule has 0 atom stereocenters. The maximum atomic E-state index is 10.8. The van der Waals surface area contributed by atoms with Crippen molar-refractivity contribution in [3.05, 3.63) is 34.3 Å². The molecule has 3 N–H and O–H groups in total. The van der Waals surface area contributed by atoms with E-state index >= 15 is 0 Å². The Labute approximate surface area is 78.9 Å². The Morgan fingerprint density at radius 2 is 1.92 bits per heavy atom.